The molecular weight excluding hydrogens is 152 g/mol. The number of hydrogen-bond acceptors (Lipinski definition) is 3. The molecule has 0 fully saturated rings. The monoisotopic (exact) mass is 174 g/mol. The molecule has 0 aromatic heterocycles. The summed E-state index contributed by atoms with van der Waals surface area (Å²) in [5.74, 6) is 0. The number of ether oxygens (including phenoxy) is 1. The average Bonchev–Trinajstić information content (AvgIpc) is 2.09. The molecule has 3 nitrogen and oxygen atoms in total. The fraction of sp³-hybridized carbons (Fsp3) is 1.00. The number of nitrogens with one attached hydrogen (secondary N) is 1. The number of nitrogens with zero attached hydrogens (tertiary/aromatic N) is 1. The quantitative estimate of drug-likeness (QED) is 0.544. The Kier molecular flexibility index (Phi) is 8.88. The smallest absolute Gasteiger partial charge is 0.0589 e. The molecule has 1 N–H and O–H groups in total. The van der Waals surface area contributed by atoms with Gasteiger partial charge in [0.05, 0.1) is 6.61 Å². The largest absolute Gasteiger partial charge is 0.383 e. The molecule has 0 saturated carbocycles. The van der Waals surface area contributed by atoms with Gasteiger partial charge in [-0.3, -0.25) is 0 Å². The highest BCUT2D eigenvalue weighted by Gasteiger charge is 1.95. The van der Waals surface area contributed by atoms with Gasteiger partial charge in [-0.05, 0) is 33.1 Å². The molecule has 0 aliphatic heterocycles. The molecule has 0 saturated heterocycles. The van der Waals surface area contributed by atoms with Gasteiger partial charge in [-0.15, -0.1) is 0 Å². The van der Waals surface area contributed by atoms with E-state index in [4.69, 9.17) is 4.74 Å². The van der Waals surface area contributed by atoms with Gasteiger partial charge in [-0.2, -0.15) is 0 Å². The molecule has 74 valence electrons. The van der Waals surface area contributed by atoms with Crippen molar-refractivity contribution in [1.29, 1.82) is 0 Å². The maximum atomic E-state index is 4.98. The molecule has 0 amide bonds. The van der Waals surface area contributed by atoms with E-state index in [9.17, 15) is 0 Å². The molecule has 0 rings (SSSR count). The van der Waals surface area contributed by atoms with E-state index in [0.29, 0.717) is 0 Å². The van der Waals surface area contributed by atoms with Crippen LogP contribution in [0.4, 0.5) is 0 Å². The second kappa shape index (κ2) is 8.97. The molecule has 0 bridgehead atoms. The van der Waals surface area contributed by atoms with Crippen LogP contribution in [-0.2, 0) is 4.74 Å². The Balaban J connectivity index is 3.02. The first-order chi connectivity index (χ1) is 5.81. The van der Waals surface area contributed by atoms with E-state index in [1.807, 2.05) is 0 Å². The van der Waals surface area contributed by atoms with Crippen molar-refractivity contribution >= 4 is 0 Å². The van der Waals surface area contributed by atoms with Crippen molar-refractivity contribution in [3.63, 3.8) is 0 Å². The SMILES string of the molecule is CCNCCCN(C)CCOC. The van der Waals surface area contributed by atoms with Crippen LogP contribution >= 0.6 is 0 Å². The number of methoxy groups -OCH3 is 1. The van der Waals surface area contributed by atoms with Gasteiger partial charge < -0.3 is 15.0 Å². The second-order valence-corrected chi connectivity index (χ2v) is 3.00. The lowest BCUT2D eigenvalue weighted by atomic mass is 10.4. The lowest BCUT2D eigenvalue weighted by Crippen LogP contribution is -2.26. The molecule has 0 aliphatic rings. The van der Waals surface area contributed by atoms with Gasteiger partial charge in [0.1, 0.15) is 0 Å². The highest BCUT2D eigenvalue weighted by Crippen LogP contribution is 1.85. The topological polar surface area (TPSA) is 24.5 Å². The van der Waals surface area contributed by atoms with Gasteiger partial charge in [-0.25, -0.2) is 0 Å². The van der Waals surface area contributed by atoms with Crippen molar-refractivity contribution in [1.82, 2.24) is 10.2 Å². The summed E-state index contributed by atoms with van der Waals surface area (Å²) in [6.45, 7) is 7.33. The first-order valence-electron chi connectivity index (χ1n) is 4.69. The molecule has 0 radical (unpaired) electrons. The summed E-state index contributed by atoms with van der Waals surface area (Å²) in [4.78, 5) is 2.29. The van der Waals surface area contributed by atoms with Gasteiger partial charge in [0.2, 0.25) is 0 Å². The van der Waals surface area contributed by atoms with Crippen LogP contribution < -0.4 is 5.32 Å². The minimum Gasteiger partial charge on any atom is -0.383 e. The van der Waals surface area contributed by atoms with Gasteiger partial charge in [-0.1, -0.05) is 6.92 Å². The van der Waals surface area contributed by atoms with Crippen LogP contribution in [0.5, 0.6) is 0 Å². The molecule has 0 spiro atoms. The van der Waals surface area contributed by atoms with Crippen LogP contribution in [0, 0.1) is 0 Å². The van der Waals surface area contributed by atoms with E-state index in [1.165, 1.54) is 6.42 Å². The summed E-state index contributed by atoms with van der Waals surface area (Å²) >= 11 is 0. The van der Waals surface area contributed by atoms with Gasteiger partial charge in [0.25, 0.3) is 0 Å². The highest BCUT2D eigenvalue weighted by molar-refractivity contribution is 4.52. The average molecular weight is 174 g/mol. The van der Waals surface area contributed by atoms with E-state index < -0.39 is 0 Å². The van der Waals surface area contributed by atoms with Crippen molar-refractivity contribution in [2.24, 2.45) is 0 Å². The highest BCUT2D eigenvalue weighted by atomic mass is 16.5. The first-order valence-corrected chi connectivity index (χ1v) is 4.69. The summed E-state index contributed by atoms with van der Waals surface area (Å²) in [7, 11) is 3.87. The molecule has 0 aromatic rings. The minimum atomic E-state index is 0.831. The second-order valence-electron chi connectivity index (χ2n) is 3.00. The van der Waals surface area contributed by atoms with Crippen LogP contribution in [0.1, 0.15) is 13.3 Å². The van der Waals surface area contributed by atoms with Crippen LogP contribution in [0.3, 0.4) is 0 Å². The third-order valence-corrected chi connectivity index (χ3v) is 1.82. The molecule has 0 heterocycles. The molecule has 0 aliphatic carbocycles. The molecule has 3 heteroatoms. The summed E-state index contributed by atoms with van der Waals surface area (Å²) in [5.41, 5.74) is 0. The third-order valence-electron chi connectivity index (χ3n) is 1.82. The van der Waals surface area contributed by atoms with Crippen molar-refractivity contribution in [2.75, 3.05) is 46.9 Å². The zero-order chi connectivity index (χ0) is 9.23. The maximum Gasteiger partial charge on any atom is 0.0589 e. The van der Waals surface area contributed by atoms with E-state index in [0.717, 1.165) is 32.8 Å². The Morgan fingerprint density at radius 2 is 2.08 bits per heavy atom. The van der Waals surface area contributed by atoms with Crippen molar-refractivity contribution in [3.05, 3.63) is 0 Å². The van der Waals surface area contributed by atoms with Crippen molar-refractivity contribution in [3.8, 4) is 0 Å². The third kappa shape index (κ3) is 7.98. The molecule has 12 heavy (non-hydrogen) atoms. The number of rotatable bonds is 8. The van der Waals surface area contributed by atoms with Gasteiger partial charge in [0.15, 0.2) is 0 Å². The lowest BCUT2D eigenvalue weighted by molar-refractivity contribution is 0.160. The predicted molar refractivity (Wildman–Crippen MR) is 52.5 cm³/mol. The molecule has 0 atom stereocenters. The fourth-order valence-corrected chi connectivity index (χ4v) is 1.01. The van der Waals surface area contributed by atoms with Crippen LogP contribution in [0.25, 0.3) is 0 Å². The summed E-state index contributed by atoms with van der Waals surface area (Å²) in [5, 5.41) is 3.30. The number of hydrogen-bond donors (Lipinski definition) is 1. The Bertz CT molecular complexity index is 88.6. The Morgan fingerprint density at radius 1 is 1.33 bits per heavy atom. The molecular formula is C9H22N2O. The van der Waals surface area contributed by atoms with Crippen molar-refractivity contribution in [2.45, 2.75) is 13.3 Å². The Hall–Kier alpha value is -0.120. The normalized spacial score (nSPS) is 11.0. The van der Waals surface area contributed by atoms with Crippen molar-refractivity contribution < 1.29 is 4.74 Å². The first kappa shape index (κ1) is 11.9. The summed E-state index contributed by atoms with van der Waals surface area (Å²) < 4.78 is 4.98. The Labute approximate surface area is 76.1 Å². The summed E-state index contributed by atoms with van der Waals surface area (Å²) in [6, 6.07) is 0. The fourth-order valence-electron chi connectivity index (χ4n) is 1.01. The van der Waals surface area contributed by atoms with Gasteiger partial charge >= 0.3 is 0 Å². The van der Waals surface area contributed by atoms with Crippen LogP contribution in [-0.4, -0.2) is 51.8 Å². The van der Waals surface area contributed by atoms with Crippen LogP contribution in [0.15, 0.2) is 0 Å². The zero-order valence-corrected chi connectivity index (χ0v) is 8.60. The van der Waals surface area contributed by atoms with Gasteiger partial charge in [0, 0.05) is 13.7 Å². The van der Waals surface area contributed by atoms with E-state index in [-0.39, 0.29) is 0 Å². The van der Waals surface area contributed by atoms with E-state index in [2.05, 4.69) is 24.2 Å². The van der Waals surface area contributed by atoms with Crippen LogP contribution in [0.2, 0.25) is 0 Å². The lowest BCUT2D eigenvalue weighted by Gasteiger charge is -2.15. The summed E-state index contributed by atoms with van der Waals surface area (Å²) in [6.07, 6.45) is 1.22. The van der Waals surface area contributed by atoms with E-state index >= 15 is 0 Å². The predicted octanol–water partition coefficient (Wildman–Crippen LogP) is 0.564. The number of likely N-dealkylation sites (N-methyl/N-ethyl adjacent to an activating group) is 1. The molecule has 0 aromatic carbocycles. The standard InChI is InChI=1S/C9H22N2O/c1-4-10-6-5-7-11(2)8-9-12-3/h10H,4-9H2,1-3H3. The zero-order valence-electron chi connectivity index (χ0n) is 8.60. The Morgan fingerprint density at radius 3 is 2.67 bits per heavy atom. The van der Waals surface area contributed by atoms with E-state index in [1.54, 1.807) is 7.11 Å². The maximum absolute atomic E-state index is 4.98. The minimum absolute atomic E-state index is 0.831. The molecule has 0 unspecified atom stereocenters.